The van der Waals surface area contributed by atoms with E-state index in [9.17, 15) is 0 Å². The summed E-state index contributed by atoms with van der Waals surface area (Å²) < 4.78 is 2.31. The normalized spacial score (nSPS) is 11.3. The predicted molar refractivity (Wildman–Crippen MR) is 111 cm³/mol. The molecule has 0 fully saturated rings. The van der Waals surface area contributed by atoms with E-state index in [0.29, 0.717) is 0 Å². The van der Waals surface area contributed by atoms with E-state index in [1.54, 1.807) is 0 Å². The van der Waals surface area contributed by atoms with E-state index >= 15 is 0 Å². The molecule has 0 bridgehead atoms. The van der Waals surface area contributed by atoms with Crippen molar-refractivity contribution in [2.75, 3.05) is 0 Å². The van der Waals surface area contributed by atoms with Crippen molar-refractivity contribution < 1.29 is 0 Å². The number of halogens is 1. The van der Waals surface area contributed by atoms with Crippen LogP contribution in [0.1, 0.15) is 0 Å². The van der Waals surface area contributed by atoms with Crippen LogP contribution in [0.5, 0.6) is 0 Å². The summed E-state index contributed by atoms with van der Waals surface area (Å²) >= 11 is 6.11. The smallest absolute Gasteiger partial charge is 0.0547 e. The first kappa shape index (κ1) is 15.2. The first-order chi connectivity index (χ1) is 12.8. The van der Waals surface area contributed by atoms with E-state index < -0.39 is 0 Å². The van der Waals surface area contributed by atoms with Crippen LogP contribution in [-0.4, -0.2) is 4.57 Å². The molecule has 0 amide bonds. The van der Waals surface area contributed by atoms with Crippen LogP contribution in [0.3, 0.4) is 0 Å². The number of nitrogens with zero attached hydrogens (tertiary/aromatic N) is 1. The topological polar surface area (TPSA) is 4.93 Å². The largest absolute Gasteiger partial charge is 0.309 e. The summed E-state index contributed by atoms with van der Waals surface area (Å²) in [5.41, 5.74) is 5.97. The molecule has 5 rings (SSSR count). The first-order valence-corrected chi connectivity index (χ1v) is 9.04. The highest BCUT2D eigenvalue weighted by Crippen LogP contribution is 2.34. The van der Waals surface area contributed by atoms with Crippen molar-refractivity contribution in [2.45, 2.75) is 0 Å². The molecule has 2 heteroatoms. The zero-order chi connectivity index (χ0) is 17.5. The molecule has 0 aliphatic carbocycles. The molecule has 0 N–H and O–H groups in total. The molecule has 4 aromatic carbocycles. The Morgan fingerprint density at radius 3 is 2.04 bits per heavy atom. The molecule has 1 nitrogen and oxygen atoms in total. The lowest BCUT2D eigenvalue weighted by Gasteiger charge is -2.09. The van der Waals surface area contributed by atoms with Gasteiger partial charge in [-0.15, -0.1) is 0 Å². The first-order valence-electron chi connectivity index (χ1n) is 8.66. The molecule has 124 valence electrons. The Kier molecular flexibility index (Phi) is 3.55. The Labute approximate surface area is 157 Å². The highest BCUT2D eigenvalue weighted by atomic mass is 35.5. The van der Waals surface area contributed by atoms with Crippen LogP contribution in [0, 0.1) is 0 Å². The van der Waals surface area contributed by atoms with Gasteiger partial charge in [0, 0.05) is 21.5 Å². The molecule has 0 spiro atoms. The van der Waals surface area contributed by atoms with Gasteiger partial charge in [0.1, 0.15) is 0 Å². The standard InChI is InChI=1S/C24H16ClN/c25-19-11-13-20(14-12-19)26-23-9-5-4-8-21(23)22-15-10-18(16-24(22)26)17-6-2-1-3-7-17/h1-16H. The zero-order valence-corrected chi connectivity index (χ0v) is 14.8. The molecule has 1 heterocycles. The average molecular weight is 354 g/mol. The molecular formula is C24H16ClN. The summed E-state index contributed by atoms with van der Waals surface area (Å²) in [5.74, 6) is 0. The lowest BCUT2D eigenvalue weighted by Crippen LogP contribution is -1.93. The van der Waals surface area contributed by atoms with Crippen molar-refractivity contribution >= 4 is 33.4 Å². The third kappa shape index (κ3) is 2.40. The minimum atomic E-state index is 0.750. The summed E-state index contributed by atoms with van der Waals surface area (Å²) in [7, 11) is 0. The number of aromatic nitrogens is 1. The van der Waals surface area contributed by atoms with Gasteiger partial charge >= 0.3 is 0 Å². The van der Waals surface area contributed by atoms with Crippen LogP contribution >= 0.6 is 11.6 Å². The van der Waals surface area contributed by atoms with Crippen LogP contribution in [0.25, 0.3) is 38.6 Å². The van der Waals surface area contributed by atoms with Crippen LogP contribution in [0.4, 0.5) is 0 Å². The maximum atomic E-state index is 6.11. The van der Waals surface area contributed by atoms with Gasteiger partial charge in [0.25, 0.3) is 0 Å². The molecule has 0 saturated heterocycles. The fourth-order valence-electron chi connectivity index (χ4n) is 3.65. The van der Waals surface area contributed by atoms with Crippen molar-refractivity contribution in [1.29, 1.82) is 0 Å². The number of hydrogen-bond acceptors (Lipinski definition) is 0. The van der Waals surface area contributed by atoms with E-state index in [0.717, 1.165) is 10.7 Å². The van der Waals surface area contributed by atoms with Gasteiger partial charge in [-0.25, -0.2) is 0 Å². The maximum absolute atomic E-state index is 6.11. The Hall–Kier alpha value is -3.03. The molecule has 26 heavy (non-hydrogen) atoms. The van der Waals surface area contributed by atoms with Gasteiger partial charge in [0.15, 0.2) is 0 Å². The van der Waals surface area contributed by atoms with Crippen molar-refractivity contribution in [3.05, 3.63) is 102 Å². The van der Waals surface area contributed by atoms with Gasteiger partial charge in [-0.05, 0) is 47.5 Å². The van der Waals surface area contributed by atoms with Gasteiger partial charge in [0.05, 0.1) is 11.0 Å². The van der Waals surface area contributed by atoms with Crippen LogP contribution in [0.2, 0.25) is 5.02 Å². The fourth-order valence-corrected chi connectivity index (χ4v) is 3.78. The summed E-state index contributed by atoms with van der Waals surface area (Å²) in [6.07, 6.45) is 0. The lowest BCUT2D eigenvalue weighted by molar-refractivity contribution is 1.18. The Morgan fingerprint density at radius 1 is 0.538 bits per heavy atom. The SMILES string of the molecule is Clc1ccc(-n2c3ccccc3c3ccc(-c4ccccc4)cc32)cc1. The predicted octanol–water partition coefficient (Wildman–Crippen LogP) is 7.10. The second-order valence-corrected chi connectivity index (χ2v) is 6.86. The minimum absolute atomic E-state index is 0.750. The van der Waals surface area contributed by atoms with Gasteiger partial charge < -0.3 is 4.57 Å². The van der Waals surface area contributed by atoms with E-state index in [1.165, 1.54) is 32.9 Å². The molecule has 0 unspecified atom stereocenters. The maximum Gasteiger partial charge on any atom is 0.0547 e. The lowest BCUT2D eigenvalue weighted by atomic mass is 10.0. The molecule has 0 radical (unpaired) electrons. The molecule has 0 saturated carbocycles. The van der Waals surface area contributed by atoms with E-state index in [2.05, 4.69) is 83.4 Å². The number of fused-ring (bicyclic) bond motifs is 3. The van der Waals surface area contributed by atoms with Gasteiger partial charge in [0.2, 0.25) is 0 Å². The van der Waals surface area contributed by atoms with Crippen LogP contribution in [-0.2, 0) is 0 Å². The van der Waals surface area contributed by atoms with E-state index in [4.69, 9.17) is 11.6 Å². The van der Waals surface area contributed by atoms with Crippen molar-refractivity contribution in [2.24, 2.45) is 0 Å². The molecular weight excluding hydrogens is 338 g/mol. The molecule has 5 aromatic rings. The summed E-state index contributed by atoms with van der Waals surface area (Å²) in [6.45, 7) is 0. The second kappa shape index (κ2) is 6.05. The third-order valence-corrected chi connectivity index (χ3v) is 5.12. The molecule has 0 atom stereocenters. The monoisotopic (exact) mass is 353 g/mol. The van der Waals surface area contributed by atoms with Gasteiger partial charge in [-0.2, -0.15) is 0 Å². The quantitative estimate of drug-likeness (QED) is 0.319. The van der Waals surface area contributed by atoms with Gasteiger partial charge in [-0.1, -0.05) is 72.3 Å². The third-order valence-electron chi connectivity index (χ3n) is 4.87. The Bertz CT molecular complexity index is 1220. The zero-order valence-electron chi connectivity index (χ0n) is 14.1. The average Bonchev–Trinajstić information content (AvgIpc) is 3.03. The molecule has 1 aromatic heterocycles. The van der Waals surface area contributed by atoms with Gasteiger partial charge in [-0.3, -0.25) is 0 Å². The number of para-hydroxylation sites is 1. The summed E-state index contributed by atoms with van der Waals surface area (Å²) in [5, 5.41) is 3.27. The van der Waals surface area contributed by atoms with Crippen molar-refractivity contribution in [3.8, 4) is 16.8 Å². The van der Waals surface area contributed by atoms with Crippen LogP contribution < -0.4 is 0 Å². The van der Waals surface area contributed by atoms with Crippen molar-refractivity contribution in [3.63, 3.8) is 0 Å². The highest BCUT2D eigenvalue weighted by molar-refractivity contribution is 6.30. The van der Waals surface area contributed by atoms with E-state index in [-0.39, 0.29) is 0 Å². The molecule has 0 aliphatic heterocycles. The minimum Gasteiger partial charge on any atom is -0.309 e. The Balaban J connectivity index is 1.86. The fraction of sp³-hybridized carbons (Fsp3) is 0. The summed E-state index contributed by atoms with van der Waals surface area (Å²) in [4.78, 5) is 0. The van der Waals surface area contributed by atoms with Crippen LogP contribution in [0.15, 0.2) is 97.1 Å². The van der Waals surface area contributed by atoms with Crippen molar-refractivity contribution in [1.82, 2.24) is 4.57 Å². The number of hydrogen-bond donors (Lipinski definition) is 0. The Morgan fingerprint density at radius 2 is 1.23 bits per heavy atom. The second-order valence-electron chi connectivity index (χ2n) is 6.43. The highest BCUT2D eigenvalue weighted by Gasteiger charge is 2.12. The molecule has 0 aliphatic rings. The number of rotatable bonds is 2. The van der Waals surface area contributed by atoms with E-state index in [1.807, 2.05) is 18.2 Å². The number of benzene rings is 4. The summed E-state index contributed by atoms with van der Waals surface area (Å²) in [6, 6.07) is 33.8.